The van der Waals surface area contributed by atoms with Crippen molar-refractivity contribution in [1.82, 2.24) is 4.90 Å². The molecule has 2 fully saturated rings. The van der Waals surface area contributed by atoms with Crippen LogP contribution in [0.15, 0.2) is 30.3 Å². The lowest BCUT2D eigenvalue weighted by Crippen LogP contribution is -2.41. The van der Waals surface area contributed by atoms with Crippen LogP contribution in [0.25, 0.3) is 5.57 Å². The summed E-state index contributed by atoms with van der Waals surface area (Å²) in [4.78, 5) is 14.3. The van der Waals surface area contributed by atoms with Crippen LogP contribution in [0.1, 0.15) is 73.3 Å². The van der Waals surface area contributed by atoms with Gasteiger partial charge in [-0.1, -0.05) is 30.3 Å². The predicted octanol–water partition coefficient (Wildman–Crippen LogP) is 4.79. The number of carbonyl (C=O) groups excluding carboxylic acids is 1. The number of hydrogen-bond acceptors (Lipinski definition) is 4. The van der Waals surface area contributed by atoms with Gasteiger partial charge in [0.2, 0.25) is 0 Å². The Hall–Kier alpha value is -1.79. The minimum Gasteiger partial charge on any atom is -0.444 e. The van der Waals surface area contributed by atoms with Gasteiger partial charge in [0.25, 0.3) is 0 Å². The second-order valence-corrected chi connectivity index (χ2v) is 11.5. The van der Waals surface area contributed by atoms with E-state index in [4.69, 9.17) is 14.0 Å². The normalized spacial score (nSPS) is 27.1. The van der Waals surface area contributed by atoms with Crippen LogP contribution in [0, 0.1) is 5.41 Å². The molecule has 0 aromatic heterocycles. The van der Waals surface area contributed by atoms with Crippen molar-refractivity contribution < 1.29 is 18.8 Å². The van der Waals surface area contributed by atoms with E-state index >= 15 is 0 Å². The first-order valence-electron chi connectivity index (χ1n) is 11.4. The zero-order chi connectivity index (χ0) is 22.7. The van der Waals surface area contributed by atoms with Crippen LogP contribution in [-0.4, -0.2) is 48.0 Å². The number of amides is 1. The zero-order valence-electron chi connectivity index (χ0n) is 20.1. The van der Waals surface area contributed by atoms with Crippen LogP contribution in [0.3, 0.4) is 0 Å². The Bertz CT molecular complexity index is 868. The lowest BCUT2D eigenvalue weighted by molar-refractivity contribution is 0.00578. The maximum atomic E-state index is 12.5. The number of allylic oxidation sites excluding steroid dienone is 2. The van der Waals surface area contributed by atoms with Crippen molar-refractivity contribution in [2.45, 2.75) is 84.5 Å². The van der Waals surface area contributed by atoms with Crippen LogP contribution >= 0.6 is 0 Å². The SMILES string of the molecule is CC(C)(C)OC(=O)N1CCC2(CC=C(c3ccc(B4OC(C)(C)C(C)(C)O4)cc3)C2)C1. The van der Waals surface area contributed by atoms with Crippen LogP contribution in [0.2, 0.25) is 0 Å². The minimum atomic E-state index is -0.454. The van der Waals surface area contributed by atoms with E-state index in [-0.39, 0.29) is 29.8 Å². The van der Waals surface area contributed by atoms with Gasteiger partial charge in [-0.3, -0.25) is 0 Å². The molecule has 0 bridgehead atoms. The van der Waals surface area contributed by atoms with E-state index in [1.807, 2.05) is 25.7 Å². The van der Waals surface area contributed by atoms with Crippen molar-refractivity contribution in [1.29, 1.82) is 0 Å². The fourth-order valence-electron chi connectivity index (χ4n) is 4.67. The van der Waals surface area contributed by atoms with Crippen molar-refractivity contribution in [2.24, 2.45) is 5.41 Å². The third-order valence-electron chi connectivity index (χ3n) is 7.24. The average Bonchev–Trinajstić information content (AvgIpc) is 3.32. The molecule has 1 atom stereocenters. The topological polar surface area (TPSA) is 48.0 Å². The highest BCUT2D eigenvalue weighted by atomic mass is 16.7. The molecule has 1 spiro atoms. The summed E-state index contributed by atoms with van der Waals surface area (Å²) >= 11 is 0. The molecular weight excluding hydrogens is 389 g/mol. The second-order valence-electron chi connectivity index (χ2n) is 11.5. The molecule has 0 saturated carbocycles. The Morgan fingerprint density at radius 1 is 1.06 bits per heavy atom. The molecule has 31 heavy (non-hydrogen) atoms. The molecule has 168 valence electrons. The Balaban J connectivity index is 1.39. The molecule has 1 aromatic rings. The van der Waals surface area contributed by atoms with Gasteiger partial charge in [-0.05, 0) is 89.7 Å². The van der Waals surface area contributed by atoms with Crippen LogP contribution in [0.5, 0.6) is 0 Å². The highest BCUT2D eigenvalue weighted by Crippen LogP contribution is 2.48. The number of rotatable bonds is 2. The first kappa shape index (κ1) is 22.4. The lowest BCUT2D eigenvalue weighted by Gasteiger charge is -2.32. The third-order valence-corrected chi connectivity index (χ3v) is 7.24. The van der Waals surface area contributed by atoms with Crippen LogP contribution in [0.4, 0.5) is 4.79 Å². The number of carbonyl (C=O) groups is 1. The lowest BCUT2D eigenvalue weighted by atomic mass is 9.78. The maximum Gasteiger partial charge on any atom is 0.494 e. The fraction of sp³-hybridized carbons (Fsp3) is 0.640. The Morgan fingerprint density at radius 3 is 2.26 bits per heavy atom. The summed E-state index contributed by atoms with van der Waals surface area (Å²) in [5.74, 6) is 0. The molecule has 3 aliphatic rings. The average molecular weight is 425 g/mol. The summed E-state index contributed by atoms with van der Waals surface area (Å²) in [6, 6.07) is 8.58. The van der Waals surface area contributed by atoms with Crippen molar-refractivity contribution in [2.75, 3.05) is 13.1 Å². The molecule has 6 heteroatoms. The van der Waals surface area contributed by atoms with Crippen molar-refractivity contribution in [3.8, 4) is 0 Å². The van der Waals surface area contributed by atoms with E-state index in [0.29, 0.717) is 0 Å². The van der Waals surface area contributed by atoms with E-state index in [1.165, 1.54) is 11.1 Å². The van der Waals surface area contributed by atoms with Gasteiger partial charge in [-0.15, -0.1) is 0 Å². The van der Waals surface area contributed by atoms with Crippen LogP contribution in [-0.2, 0) is 14.0 Å². The third kappa shape index (κ3) is 4.42. The summed E-state index contributed by atoms with van der Waals surface area (Å²) in [6.45, 7) is 15.6. The Morgan fingerprint density at radius 2 is 1.68 bits per heavy atom. The monoisotopic (exact) mass is 425 g/mol. The highest BCUT2D eigenvalue weighted by molar-refractivity contribution is 6.62. The fourth-order valence-corrected chi connectivity index (χ4v) is 4.67. The van der Waals surface area contributed by atoms with E-state index in [0.717, 1.165) is 37.8 Å². The second kappa shape index (κ2) is 7.38. The molecule has 0 N–H and O–H groups in total. The standard InChI is InChI=1S/C25H36BNO4/c1-22(2,3)29-21(28)27-15-14-25(17-27)13-12-19(16-25)18-8-10-20(11-9-18)26-30-23(4,5)24(6,7)31-26/h8-12H,13-17H2,1-7H3. The summed E-state index contributed by atoms with van der Waals surface area (Å²) in [5, 5.41) is 0. The molecule has 1 amide bonds. The van der Waals surface area contributed by atoms with Gasteiger partial charge < -0.3 is 18.9 Å². The summed E-state index contributed by atoms with van der Waals surface area (Å²) in [6.07, 6.45) is 5.20. The van der Waals surface area contributed by atoms with E-state index in [2.05, 4.69) is 58.0 Å². The van der Waals surface area contributed by atoms with Crippen LogP contribution < -0.4 is 5.46 Å². The molecule has 2 aliphatic heterocycles. The maximum absolute atomic E-state index is 12.5. The quantitative estimate of drug-likeness (QED) is 0.640. The predicted molar refractivity (Wildman–Crippen MR) is 124 cm³/mol. The number of likely N-dealkylation sites (tertiary alicyclic amines) is 1. The van der Waals surface area contributed by atoms with Gasteiger partial charge in [0, 0.05) is 13.1 Å². The molecule has 4 rings (SSSR count). The number of ether oxygens (including phenoxy) is 1. The number of nitrogens with zero attached hydrogens (tertiary/aromatic N) is 1. The number of benzene rings is 1. The first-order chi connectivity index (χ1) is 14.3. The summed E-state index contributed by atoms with van der Waals surface area (Å²) in [5.41, 5.74) is 2.69. The molecule has 1 unspecified atom stereocenters. The van der Waals surface area contributed by atoms with Crippen molar-refractivity contribution in [3.05, 3.63) is 35.9 Å². The van der Waals surface area contributed by atoms with Gasteiger partial charge >= 0.3 is 13.2 Å². The highest BCUT2D eigenvalue weighted by Gasteiger charge is 2.51. The molecule has 1 aromatic carbocycles. The molecule has 5 nitrogen and oxygen atoms in total. The van der Waals surface area contributed by atoms with Gasteiger partial charge in [0.15, 0.2) is 0 Å². The molecular formula is C25H36BNO4. The van der Waals surface area contributed by atoms with E-state index < -0.39 is 5.60 Å². The van der Waals surface area contributed by atoms with Gasteiger partial charge in [0.05, 0.1) is 11.2 Å². The van der Waals surface area contributed by atoms with Gasteiger partial charge in [-0.2, -0.15) is 0 Å². The molecule has 0 radical (unpaired) electrons. The minimum absolute atomic E-state index is 0.149. The van der Waals surface area contributed by atoms with E-state index in [9.17, 15) is 4.79 Å². The molecule has 2 saturated heterocycles. The smallest absolute Gasteiger partial charge is 0.444 e. The summed E-state index contributed by atoms with van der Waals surface area (Å²) < 4.78 is 17.9. The van der Waals surface area contributed by atoms with Crippen molar-refractivity contribution >= 4 is 24.2 Å². The van der Waals surface area contributed by atoms with E-state index in [1.54, 1.807) is 0 Å². The van der Waals surface area contributed by atoms with Crippen molar-refractivity contribution in [3.63, 3.8) is 0 Å². The molecule has 1 aliphatic carbocycles. The Labute approximate surface area is 187 Å². The first-order valence-corrected chi connectivity index (χ1v) is 11.4. The molecule has 2 heterocycles. The summed E-state index contributed by atoms with van der Waals surface area (Å²) in [7, 11) is -0.333. The van der Waals surface area contributed by atoms with Gasteiger partial charge in [0.1, 0.15) is 5.60 Å². The van der Waals surface area contributed by atoms with Gasteiger partial charge in [-0.25, -0.2) is 4.79 Å². The number of hydrogen-bond donors (Lipinski definition) is 0. The zero-order valence-corrected chi connectivity index (χ0v) is 20.1. The largest absolute Gasteiger partial charge is 0.494 e. The Kier molecular flexibility index (Phi) is 5.33.